The molecule has 3 amide bonds. The Labute approximate surface area is 560 Å². The van der Waals surface area contributed by atoms with Crippen molar-refractivity contribution in [2.24, 2.45) is 0 Å². The number of aliphatic hydroxyl groups is 6. The fourth-order valence-corrected chi connectivity index (χ4v) is 15.1. The molecule has 0 heterocycles. The molecule has 0 atom stereocenters. The summed E-state index contributed by atoms with van der Waals surface area (Å²) in [5.41, 5.74) is -5.08. The quantitative estimate of drug-likeness (QED) is 0.0157. The van der Waals surface area contributed by atoms with E-state index in [4.69, 9.17) is 13.3 Å². The Balaban J connectivity index is 7.35. The van der Waals surface area contributed by atoms with Crippen molar-refractivity contribution < 1.29 is 62.8 Å². The van der Waals surface area contributed by atoms with Crippen LogP contribution in [0.1, 0.15) is 349 Å². The monoisotopic (exact) mass is 1320 g/mol. The molecule has 0 rings (SSSR count). The highest BCUT2D eigenvalue weighted by Crippen LogP contribution is 2.28. The van der Waals surface area contributed by atoms with Crippen molar-refractivity contribution in [3.05, 3.63) is 0 Å². The molecule has 9 N–H and O–H groups in total. The lowest BCUT2D eigenvalue weighted by atomic mass is 10.0. The third-order valence-corrected chi connectivity index (χ3v) is 21.8. The molecule has 0 aromatic rings. The molecule has 0 saturated carbocycles. The predicted octanol–water partition coefficient (Wildman–Crippen LogP) is 15.2. The van der Waals surface area contributed by atoms with Gasteiger partial charge < -0.3 is 64.4 Å². The van der Waals surface area contributed by atoms with Crippen LogP contribution in [0.3, 0.4) is 0 Å². The van der Waals surface area contributed by atoms with Crippen LogP contribution in [0.2, 0.25) is 6.04 Å². The van der Waals surface area contributed by atoms with Crippen LogP contribution >= 0.6 is 0 Å². The van der Waals surface area contributed by atoms with Gasteiger partial charge in [0.25, 0.3) is 0 Å². The number of amides is 3. The van der Waals surface area contributed by atoms with Gasteiger partial charge >= 0.3 is 8.80 Å². The van der Waals surface area contributed by atoms with Gasteiger partial charge in [-0.3, -0.25) is 14.4 Å². The van der Waals surface area contributed by atoms with E-state index in [1.807, 2.05) is 0 Å². The highest BCUT2D eigenvalue weighted by molar-refractivity contribution is 6.60. The first kappa shape index (κ1) is 89.2. The van der Waals surface area contributed by atoms with Gasteiger partial charge in [-0.05, 0) is 44.9 Å². The molecule has 0 spiro atoms. The predicted molar refractivity (Wildman–Crippen MR) is 379 cm³/mol. The second kappa shape index (κ2) is 60.6. The average Bonchev–Trinajstić information content (AvgIpc) is 1.65. The number of aliphatic hydroxyl groups excluding tert-OH is 6. The van der Waals surface area contributed by atoms with Crippen LogP contribution in [0.15, 0.2) is 0 Å². The van der Waals surface area contributed by atoms with Crippen LogP contribution in [0.25, 0.3) is 0 Å². The largest absolute Gasteiger partial charge is 0.501 e. The zero-order valence-electron chi connectivity index (χ0n) is 60.4. The van der Waals surface area contributed by atoms with Crippen molar-refractivity contribution in [1.82, 2.24) is 16.0 Å². The molecule has 0 aliphatic heterocycles. The van der Waals surface area contributed by atoms with E-state index < -0.39 is 84.9 Å². The summed E-state index contributed by atoms with van der Waals surface area (Å²) in [7, 11) is -2.07. The van der Waals surface area contributed by atoms with Gasteiger partial charge in [0.05, 0.1) is 86.1 Å². The Kier molecular flexibility index (Phi) is 59.4. The van der Waals surface area contributed by atoms with Gasteiger partial charge in [-0.2, -0.15) is 0 Å². The maximum absolute atomic E-state index is 13.8. The summed E-state index contributed by atoms with van der Waals surface area (Å²) >= 11 is 0. The zero-order valence-corrected chi connectivity index (χ0v) is 61.4. The Morgan fingerprint density at radius 2 is 0.484 bits per heavy atom. The molecule has 17 heteroatoms. The number of hydrogen-bond donors (Lipinski definition) is 9. The topological polar surface area (TPSA) is 236 Å². The molecule has 0 unspecified atom stereocenters. The number of nitrogens with one attached hydrogen (secondary N) is 3. The molecule has 0 aliphatic carbocycles. The first-order chi connectivity index (χ1) is 44.2. The molecule has 0 aromatic carbocycles. The number of rotatable bonds is 72. The van der Waals surface area contributed by atoms with E-state index in [1.165, 1.54) is 186 Å². The van der Waals surface area contributed by atoms with E-state index >= 15 is 0 Å². The van der Waals surface area contributed by atoms with E-state index in [-0.39, 0.29) is 43.0 Å². The number of nitrogens with zero attached hydrogens (tertiary/aromatic N) is 1. The number of carbonyl (C=O) groups is 3. The van der Waals surface area contributed by atoms with Crippen molar-refractivity contribution in [3.63, 3.8) is 0 Å². The second-order valence-corrected chi connectivity index (χ2v) is 31.0. The van der Waals surface area contributed by atoms with Gasteiger partial charge in [-0.25, -0.2) is 0 Å². The molecular formula is C74H151N4O12Si+. The van der Waals surface area contributed by atoms with Crippen LogP contribution < -0.4 is 16.0 Å². The third-order valence-electron chi connectivity index (χ3n) is 19.0. The third kappa shape index (κ3) is 47.7. The van der Waals surface area contributed by atoms with Crippen LogP contribution in [-0.2, 0) is 27.7 Å². The molecule has 0 aliphatic rings. The smallest absolute Gasteiger partial charge is 0.394 e. The van der Waals surface area contributed by atoms with E-state index in [1.54, 1.807) is 0 Å². The van der Waals surface area contributed by atoms with Gasteiger partial charge in [-0.15, -0.1) is 0 Å². The normalized spacial score (nSPS) is 12.5. The summed E-state index contributed by atoms with van der Waals surface area (Å²) in [6, 6.07) is 0.133. The summed E-state index contributed by atoms with van der Waals surface area (Å²) in [4.78, 5) is 41.3. The molecule has 0 aromatic heterocycles. The van der Waals surface area contributed by atoms with E-state index in [2.05, 4.69) is 57.6 Å². The molecule has 16 nitrogen and oxygen atoms in total. The van der Waals surface area contributed by atoms with Crippen LogP contribution in [0.4, 0.5) is 0 Å². The lowest BCUT2D eigenvalue weighted by Gasteiger charge is -2.41. The first-order valence-electron chi connectivity index (χ1n) is 38.5. The van der Waals surface area contributed by atoms with E-state index in [0.717, 1.165) is 101 Å². The lowest BCUT2D eigenvalue weighted by Crippen LogP contribution is -2.65. The minimum Gasteiger partial charge on any atom is -0.394 e. The maximum Gasteiger partial charge on any atom is 0.501 e. The van der Waals surface area contributed by atoms with Crippen molar-refractivity contribution in [2.75, 3.05) is 86.1 Å². The summed E-state index contributed by atoms with van der Waals surface area (Å²) in [6.45, 7) is 8.23. The zero-order chi connectivity index (χ0) is 67.3. The Morgan fingerprint density at radius 3 is 0.692 bits per heavy atom. The van der Waals surface area contributed by atoms with Gasteiger partial charge in [0.15, 0.2) is 0 Å². The molecule has 0 fully saturated rings. The van der Waals surface area contributed by atoms with Crippen molar-refractivity contribution >= 4 is 26.5 Å². The van der Waals surface area contributed by atoms with Crippen molar-refractivity contribution in [3.8, 4) is 0 Å². The van der Waals surface area contributed by atoms with Gasteiger partial charge in [0.2, 0.25) is 17.7 Å². The maximum atomic E-state index is 13.8. The summed E-state index contributed by atoms with van der Waals surface area (Å²) in [5, 5.41) is 75.6. The highest BCUT2D eigenvalue weighted by Gasteiger charge is 2.49. The molecule has 0 radical (unpaired) electrons. The molecule has 91 heavy (non-hydrogen) atoms. The standard InChI is InChI=1S/C74H150N4O12Si/c1-7-12-17-22-27-32-37-42-47-53-69(85)75-72(60-79,61-80)66-88-91(89-67-73(62-81,63-82)76-70(86)54-48-43-38-33-28-23-18-13-8-2,90-68-74(64-83,65-84)77-71(87)55-49-44-39-34-29-24-19-14-9-3)59-52-58-78(6,56-50-45-40-35-30-25-20-15-10-4)57-51-46-41-36-31-26-21-16-11-5/h79-84H,7-68H2,1-6H3,(H2-,75,76,77,85,86,87)/p+1. The second-order valence-electron chi connectivity index (χ2n) is 28.3. The van der Waals surface area contributed by atoms with E-state index in [9.17, 15) is 45.0 Å². The van der Waals surface area contributed by atoms with Crippen LogP contribution in [-0.4, -0.2) is 164 Å². The Morgan fingerprint density at radius 1 is 0.297 bits per heavy atom. The highest BCUT2D eigenvalue weighted by atomic mass is 28.4. The van der Waals surface area contributed by atoms with E-state index in [0.29, 0.717) is 32.2 Å². The number of unbranched alkanes of at least 4 members (excludes halogenated alkanes) is 40. The molecule has 542 valence electrons. The number of carbonyl (C=O) groups excluding carboxylic acids is 3. The minimum atomic E-state index is -4.39. The van der Waals surface area contributed by atoms with Gasteiger partial charge in [0.1, 0.15) is 16.6 Å². The SMILES string of the molecule is CCCCCCCCCCCC(=O)NC(CO)(CO)CO[Si](CCC[N+](C)(CCCCCCCCCCC)CCCCCCCCCCC)(OCC(CO)(CO)NC(=O)CCCCCCCCCCC)OCC(CO)(CO)NC(=O)CCCCCCCCCCC. The lowest BCUT2D eigenvalue weighted by molar-refractivity contribution is -0.910. The summed E-state index contributed by atoms with van der Waals surface area (Å²) in [6.07, 6.45) is 52.2. The summed E-state index contributed by atoms with van der Waals surface area (Å²) < 4.78 is 21.7. The minimum absolute atomic E-state index is 0.133. The Hall–Kier alpha value is -1.77. The first-order valence-corrected chi connectivity index (χ1v) is 40.4. The average molecular weight is 1320 g/mol. The fraction of sp³-hybridized carbons (Fsp3) is 0.959. The van der Waals surface area contributed by atoms with Crippen molar-refractivity contribution in [1.29, 1.82) is 0 Å². The van der Waals surface area contributed by atoms with Gasteiger partial charge in [-0.1, -0.05) is 279 Å². The number of quaternary nitrogens is 1. The Bertz CT molecular complexity index is 1480. The van der Waals surface area contributed by atoms with Crippen LogP contribution in [0, 0.1) is 0 Å². The number of hydrogen-bond acceptors (Lipinski definition) is 12. The molecular weight excluding hydrogens is 1160 g/mol. The summed E-state index contributed by atoms with van der Waals surface area (Å²) in [5.74, 6) is -1.06. The van der Waals surface area contributed by atoms with Crippen LogP contribution in [0.5, 0.6) is 0 Å². The molecule has 0 bridgehead atoms. The van der Waals surface area contributed by atoms with Gasteiger partial charge in [0, 0.05) is 31.7 Å². The fourth-order valence-electron chi connectivity index (χ4n) is 12.3. The molecule has 0 saturated heterocycles. The van der Waals surface area contributed by atoms with Crippen molar-refractivity contribution in [2.45, 2.75) is 372 Å².